The summed E-state index contributed by atoms with van der Waals surface area (Å²) in [5.41, 5.74) is 0.878. The highest BCUT2D eigenvalue weighted by Crippen LogP contribution is 2.19. The summed E-state index contributed by atoms with van der Waals surface area (Å²) in [5, 5.41) is 2.44. The molecule has 0 atom stereocenters. The van der Waals surface area contributed by atoms with Gasteiger partial charge in [0.15, 0.2) is 0 Å². The Morgan fingerprint density at radius 2 is 2.17 bits per heavy atom. The van der Waals surface area contributed by atoms with E-state index in [1.807, 2.05) is 0 Å². The molecule has 0 radical (unpaired) electrons. The second-order valence-electron chi connectivity index (χ2n) is 3.62. The highest BCUT2D eigenvalue weighted by Gasteiger charge is 2.11. The number of hydrogen-bond donors (Lipinski definition) is 1. The average molecular weight is 310 g/mol. The minimum absolute atomic E-state index is 0.103. The number of aromatic nitrogens is 2. The topological polar surface area (TPSA) is 54.9 Å². The number of nitrogens with zero attached hydrogens (tertiary/aromatic N) is 2. The van der Waals surface area contributed by atoms with E-state index in [-0.39, 0.29) is 11.4 Å². The number of rotatable bonds is 2. The van der Waals surface area contributed by atoms with Crippen LogP contribution in [0.1, 0.15) is 16.2 Å². The zero-order valence-corrected chi connectivity index (χ0v) is 11.0. The van der Waals surface area contributed by atoms with Gasteiger partial charge in [-0.25, -0.2) is 9.37 Å². The smallest absolute Gasteiger partial charge is 0.275 e. The van der Waals surface area contributed by atoms with Crippen molar-refractivity contribution in [3.8, 4) is 0 Å². The number of amides is 1. The van der Waals surface area contributed by atoms with E-state index < -0.39 is 11.7 Å². The Labute approximate surface area is 111 Å². The highest BCUT2D eigenvalue weighted by molar-refractivity contribution is 9.10. The van der Waals surface area contributed by atoms with E-state index in [2.05, 4.69) is 31.2 Å². The second kappa shape index (κ2) is 5.22. The van der Waals surface area contributed by atoms with Gasteiger partial charge >= 0.3 is 0 Å². The summed E-state index contributed by atoms with van der Waals surface area (Å²) >= 11 is 3.14. The van der Waals surface area contributed by atoms with Crippen molar-refractivity contribution in [2.24, 2.45) is 0 Å². The molecule has 92 valence electrons. The van der Waals surface area contributed by atoms with Crippen molar-refractivity contribution in [2.45, 2.75) is 6.92 Å². The first-order valence-electron chi connectivity index (χ1n) is 5.11. The van der Waals surface area contributed by atoms with E-state index in [0.29, 0.717) is 10.2 Å². The number of anilines is 1. The Hall–Kier alpha value is -1.82. The summed E-state index contributed by atoms with van der Waals surface area (Å²) in [6.07, 6.45) is 2.87. The fourth-order valence-electron chi connectivity index (χ4n) is 1.35. The number of nitrogens with one attached hydrogen (secondary N) is 1. The number of carbonyl (C=O) groups is 1. The summed E-state index contributed by atoms with van der Waals surface area (Å²) in [6.45, 7) is 1.73. The Balaban J connectivity index is 2.21. The molecule has 1 N–H and O–H groups in total. The van der Waals surface area contributed by atoms with Crippen LogP contribution in [-0.4, -0.2) is 15.9 Å². The molecule has 1 aromatic heterocycles. The third-order valence-electron chi connectivity index (χ3n) is 2.17. The van der Waals surface area contributed by atoms with Gasteiger partial charge in [0.1, 0.15) is 11.5 Å². The highest BCUT2D eigenvalue weighted by atomic mass is 79.9. The van der Waals surface area contributed by atoms with Crippen LogP contribution in [0.4, 0.5) is 10.1 Å². The van der Waals surface area contributed by atoms with Crippen molar-refractivity contribution in [3.05, 3.63) is 52.3 Å². The molecule has 0 bridgehead atoms. The molecular formula is C12H9BrFN3O. The largest absolute Gasteiger partial charge is 0.318 e. The van der Waals surface area contributed by atoms with Gasteiger partial charge in [0.25, 0.3) is 5.91 Å². The first kappa shape index (κ1) is 12.6. The summed E-state index contributed by atoms with van der Waals surface area (Å²) < 4.78 is 14.1. The van der Waals surface area contributed by atoms with Crippen molar-refractivity contribution in [1.29, 1.82) is 0 Å². The summed E-state index contributed by atoms with van der Waals surface area (Å²) in [4.78, 5) is 19.7. The van der Waals surface area contributed by atoms with Crippen LogP contribution in [-0.2, 0) is 0 Å². The molecule has 2 aromatic rings. The van der Waals surface area contributed by atoms with Crippen LogP contribution in [0.3, 0.4) is 0 Å². The van der Waals surface area contributed by atoms with Crippen molar-refractivity contribution >= 4 is 27.5 Å². The fraction of sp³-hybridized carbons (Fsp3) is 0.0833. The maximum Gasteiger partial charge on any atom is 0.275 e. The van der Waals surface area contributed by atoms with Gasteiger partial charge in [-0.3, -0.25) is 9.78 Å². The normalized spacial score (nSPS) is 10.2. The SMILES string of the molecule is Cc1cncc(C(=O)Nc2ccc(Br)cc2F)n1. The third kappa shape index (κ3) is 2.89. The molecule has 1 heterocycles. The van der Waals surface area contributed by atoms with Crippen molar-refractivity contribution < 1.29 is 9.18 Å². The first-order valence-corrected chi connectivity index (χ1v) is 5.90. The molecule has 0 aliphatic heterocycles. The van der Waals surface area contributed by atoms with E-state index >= 15 is 0 Å². The third-order valence-corrected chi connectivity index (χ3v) is 2.66. The van der Waals surface area contributed by atoms with Crippen LogP contribution in [0, 0.1) is 12.7 Å². The van der Waals surface area contributed by atoms with Crippen LogP contribution >= 0.6 is 15.9 Å². The minimum atomic E-state index is -0.515. The monoisotopic (exact) mass is 309 g/mol. The Bertz CT molecular complexity index is 604. The van der Waals surface area contributed by atoms with Gasteiger partial charge in [0, 0.05) is 10.7 Å². The van der Waals surface area contributed by atoms with Gasteiger partial charge in [-0.15, -0.1) is 0 Å². The molecule has 0 saturated carbocycles. The van der Waals surface area contributed by atoms with E-state index in [1.165, 1.54) is 24.5 Å². The van der Waals surface area contributed by atoms with Gasteiger partial charge in [-0.1, -0.05) is 15.9 Å². The van der Waals surface area contributed by atoms with E-state index in [0.717, 1.165) is 0 Å². The Morgan fingerprint density at radius 3 is 2.83 bits per heavy atom. The summed E-state index contributed by atoms with van der Waals surface area (Å²) in [7, 11) is 0. The molecule has 1 amide bonds. The fourth-order valence-corrected chi connectivity index (χ4v) is 1.68. The van der Waals surface area contributed by atoms with Crippen LogP contribution in [0.2, 0.25) is 0 Å². The van der Waals surface area contributed by atoms with Crippen LogP contribution in [0.15, 0.2) is 35.1 Å². The van der Waals surface area contributed by atoms with Crippen molar-refractivity contribution in [3.63, 3.8) is 0 Å². The number of halogens is 2. The molecule has 0 fully saturated rings. The predicted molar refractivity (Wildman–Crippen MR) is 68.8 cm³/mol. The van der Waals surface area contributed by atoms with Gasteiger partial charge in [0.05, 0.1) is 17.6 Å². The lowest BCUT2D eigenvalue weighted by Gasteiger charge is -2.06. The van der Waals surface area contributed by atoms with E-state index in [4.69, 9.17) is 0 Å². The first-order chi connectivity index (χ1) is 8.56. The molecule has 0 aliphatic rings. The molecule has 0 saturated heterocycles. The van der Waals surface area contributed by atoms with Crippen LogP contribution in [0.5, 0.6) is 0 Å². The minimum Gasteiger partial charge on any atom is -0.318 e. The summed E-state index contributed by atoms with van der Waals surface area (Å²) in [6, 6.07) is 4.39. The number of hydrogen-bond acceptors (Lipinski definition) is 3. The molecule has 0 unspecified atom stereocenters. The van der Waals surface area contributed by atoms with Crippen LogP contribution < -0.4 is 5.32 Å². The number of benzene rings is 1. The van der Waals surface area contributed by atoms with Crippen molar-refractivity contribution in [2.75, 3.05) is 5.32 Å². The van der Waals surface area contributed by atoms with Crippen LogP contribution in [0.25, 0.3) is 0 Å². The lowest BCUT2D eigenvalue weighted by molar-refractivity contribution is 0.102. The second-order valence-corrected chi connectivity index (χ2v) is 4.54. The molecule has 4 nitrogen and oxygen atoms in total. The zero-order valence-electron chi connectivity index (χ0n) is 9.45. The molecule has 0 aliphatic carbocycles. The van der Waals surface area contributed by atoms with E-state index in [9.17, 15) is 9.18 Å². The summed E-state index contributed by atoms with van der Waals surface area (Å²) in [5.74, 6) is -1.01. The predicted octanol–water partition coefficient (Wildman–Crippen LogP) is 2.94. The lowest BCUT2D eigenvalue weighted by atomic mass is 10.3. The van der Waals surface area contributed by atoms with Crippen molar-refractivity contribution in [1.82, 2.24) is 9.97 Å². The quantitative estimate of drug-likeness (QED) is 0.928. The maximum absolute atomic E-state index is 13.5. The van der Waals surface area contributed by atoms with Gasteiger partial charge in [0.2, 0.25) is 0 Å². The molecule has 0 spiro atoms. The Kier molecular flexibility index (Phi) is 3.66. The Morgan fingerprint density at radius 1 is 1.39 bits per heavy atom. The van der Waals surface area contributed by atoms with E-state index in [1.54, 1.807) is 13.0 Å². The molecule has 18 heavy (non-hydrogen) atoms. The van der Waals surface area contributed by atoms with Gasteiger partial charge in [-0.2, -0.15) is 0 Å². The molecule has 1 aromatic carbocycles. The molecule has 6 heteroatoms. The number of aryl methyl sites for hydroxylation is 1. The van der Waals surface area contributed by atoms with Gasteiger partial charge in [-0.05, 0) is 25.1 Å². The maximum atomic E-state index is 13.5. The zero-order chi connectivity index (χ0) is 13.1. The standard InChI is InChI=1S/C12H9BrFN3O/c1-7-5-15-6-11(16-7)12(18)17-10-3-2-8(13)4-9(10)14/h2-6H,1H3,(H,17,18). The van der Waals surface area contributed by atoms with Gasteiger partial charge < -0.3 is 5.32 Å². The lowest BCUT2D eigenvalue weighted by Crippen LogP contribution is -2.15. The average Bonchev–Trinajstić information content (AvgIpc) is 2.32. The molecule has 2 rings (SSSR count). The number of carbonyl (C=O) groups excluding carboxylic acids is 1. The molecular weight excluding hydrogens is 301 g/mol.